The van der Waals surface area contributed by atoms with Crippen LogP contribution in [-0.4, -0.2) is 32.7 Å². The smallest absolute Gasteiger partial charge is 0.305 e. The minimum absolute atomic E-state index is 0.0697. The SMILES string of the molecule is O=C(O)CC1(NC(=O)c2ccc(Cl)nn2)CCC1. The van der Waals surface area contributed by atoms with Crippen LogP contribution in [0, 0.1) is 0 Å². The van der Waals surface area contributed by atoms with Crippen LogP contribution < -0.4 is 5.32 Å². The number of aromatic nitrogens is 2. The fourth-order valence-electron chi connectivity index (χ4n) is 1.98. The van der Waals surface area contributed by atoms with Gasteiger partial charge < -0.3 is 10.4 Å². The van der Waals surface area contributed by atoms with Gasteiger partial charge in [-0.25, -0.2) is 0 Å². The molecule has 0 aromatic carbocycles. The van der Waals surface area contributed by atoms with Crippen LogP contribution in [0.4, 0.5) is 0 Å². The highest BCUT2D eigenvalue weighted by Crippen LogP contribution is 2.35. The first-order chi connectivity index (χ1) is 8.51. The Bertz CT molecular complexity index is 471. The minimum Gasteiger partial charge on any atom is -0.481 e. The lowest BCUT2D eigenvalue weighted by Crippen LogP contribution is -2.54. The second-order valence-electron chi connectivity index (χ2n) is 4.40. The van der Waals surface area contributed by atoms with Gasteiger partial charge in [0.1, 0.15) is 0 Å². The van der Waals surface area contributed by atoms with Crippen LogP contribution in [-0.2, 0) is 4.79 Å². The lowest BCUT2D eigenvalue weighted by molar-refractivity contribution is -0.139. The number of halogens is 1. The standard InChI is InChI=1S/C11H12ClN3O3/c12-8-3-2-7(14-15-8)10(18)13-11(4-1-5-11)6-9(16)17/h2-3H,1,4-6H2,(H,13,18)(H,16,17). The number of rotatable bonds is 4. The zero-order valence-corrected chi connectivity index (χ0v) is 10.3. The van der Waals surface area contributed by atoms with Crippen LogP contribution in [0.3, 0.4) is 0 Å². The molecule has 1 aliphatic carbocycles. The van der Waals surface area contributed by atoms with E-state index in [1.54, 1.807) is 0 Å². The van der Waals surface area contributed by atoms with Crippen molar-refractivity contribution in [3.05, 3.63) is 23.0 Å². The van der Waals surface area contributed by atoms with Crippen LogP contribution in [0.1, 0.15) is 36.2 Å². The van der Waals surface area contributed by atoms with Crippen molar-refractivity contribution in [2.45, 2.75) is 31.2 Å². The highest BCUT2D eigenvalue weighted by molar-refractivity contribution is 6.29. The summed E-state index contributed by atoms with van der Waals surface area (Å²) in [4.78, 5) is 22.7. The Hall–Kier alpha value is -1.69. The Kier molecular flexibility index (Phi) is 3.47. The first-order valence-corrected chi connectivity index (χ1v) is 5.92. The first kappa shape index (κ1) is 12.8. The molecular weight excluding hydrogens is 258 g/mol. The fraction of sp³-hybridized carbons (Fsp3) is 0.455. The van der Waals surface area contributed by atoms with Gasteiger partial charge in [0.05, 0.1) is 12.0 Å². The Morgan fingerprint density at radius 2 is 2.11 bits per heavy atom. The van der Waals surface area contributed by atoms with Crippen molar-refractivity contribution in [2.24, 2.45) is 0 Å². The molecule has 0 radical (unpaired) electrons. The van der Waals surface area contributed by atoms with Gasteiger partial charge in [0.25, 0.3) is 5.91 Å². The van der Waals surface area contributed by atoms with Crippen molar-refractivity contribution >= 4 is 23.5 Å². The number of hydrogen-bond donors (Lipinski definition) is 2. The van der Waals surface area contributed by atoms with Gasteiger partial charge in [0.15, 0.2) is 10.8 Å². The molecule has 2 rings (SSSR count). The van der Waals surface area contributed by atoms with Gasteiger partial charge in [-0.3, -0.25) is 9.59 Å². The van der Waals surface area contributed by atoms with Gasteiger partial charge in [-0.2, -0.15) is 0 Å². The van der Waals surface area contributed by atoms with E-state index in [9.17, 15) is 9.59 Å². The van der Waals surface area contributed by atoms with E-state index in [2.05, 4.69) is 15.5 Å². The highest BCUT2D eigenvalue weighted by atomic mass is 35.5. The molecule has 0 aliphatic heterocycles. The van der Waals surface area contributed by atoms with Gasteiger partial charge in [-0.05, 0) is 31.4 Å². The van der Waals surface area contributed by atoms with E-state index in [-0.39, 0.29) is 17.3 Å². The number of aliphatic carboxylic acids is 1. The zero-order chi connectivity index (χ0) is 13.2. The molecule has 7 heteroatoms. The van der Waals surface area contributed by atoms with E-state index < -0.39 is 17.4 Å². The largest absolute Gasteiger partial charge is 0.481 e. The van der Waals surface area contributed by atoms with E-state index in [1.807, 2.05) is 0 Å². The van der Waals surface area contributed by atoms with Crippen molar-refractivity contribution in [1.82, 2.24) is 15.5 Å². The maximum Gasteiger partial charge on any atom is 0.305 e. The number of carboxylic acids is 1. The predicted molar refractivity (Wildman–Crippen MR) is 63.3 cm³/mol. The van der Waals surface area contributed by atoms with Gasteiger partial charge in [0, 0.05) is 0 Å². The third-order valence-electron chi connectivity index (χ3n) is 3.04. The molecule has 0 bridgehead atoms. The van der Waals surface area contributed by atoms with Gasteiger partial charge in [-0.1, -0.05) is 11.6 Å². The lowest BCUT2D eigenvalue weighted by Gasteiger charge is -2.41. The molecule has 0 saturated heterocycles. The average Bonchev–Trinajstić information content (AvgIpc) is 2.26. The number of amides is 1. The van der Waals surface area contributed by atoms with Crippen molar-refractivity contribution in [3.63, 3.8) is 0 Å². The Morgan fingerprint density at radius 3 is 2.56 bits per heavy atom. The van der Waals surface area contributed by atoms with E-state index in [0.717, 1.165) is 6.42 Å². The van der Waals surface area contributed by atoms with Gasteiger partial charge >= 0.3 is 5.97 Å². The fourth-order valence-corrected chi connectivity index (χ4v) is 2.08. The third kappa shape index (κ3) is 2.76. The molecular formula is C11H12ClN3O3. The summed E-state index contributed by atoms with van der Waals surface area (Å²) in [5.41, 5.74) is -0.499. The molecule has 0 unspecified atom stereocenters. The lowest BCUT2D eigenvalue weighted by atomic mass is 9.74. The van der Waals surface area contributed by atoms with Gasteiger partial charge in [-0.15, -0.1) is 10.2 Å². The molecule has 1 aromatic heterocycles. The maximum absolute atomic E-state index is 11.9. The number of carboxylic acid groups (broad SMARTS) is 1. The maximum atomic E-state index is 11.9. The number of nitrogens with zero attached hydrogens (tertiary/aromatic N) is 2. The summed E-state index contributed by atoms with van der Waals surface area (Å²) in [7, 11) is 0. The summed E-state index contributed by atoms with van der Waals surface area (Å²) in [6.45, 7) is 0. The molecule has 1 amide bonds. The van der Waals surface area contributed by atoms with Crippen LogP contribution in [0.25, 0.3) is 0 Å². The van der Waals surface area contributed by atoms with Crippen molar-refractivity contribution in [3.8, 4) is 0 Å². The number of hydrogen-bond acceptors (Lipinski definition) is 4. The third-order valence-corrected chi connectivity index (χ3v) is 3.25. The minimum atomic E-state index is -0.919. The van der Waals surface area contributed by atoms with Crippen LogP contribution in [0.2, 0.25) is 5.15 Å². The quantitative estimate of drug-likeness (QED) is 0.858. The van der Waals surface area contributed by atoms with Crippen molar-refractivity contribution in [2.75, 3.05) is 0 Å². The van der Waals surface area contributed by atoms with Gasteiger partial charge in [0.2, 0.25) is 0 Å². The van der Waals surface area contributed by atoms with Crippen LogP contribution in [0.15, 0.2) is 12.1 Å². The molecule has 1 saturated carbocycles. The van der Waals surface area contributed by atoms with E-state index in [0.29, 0.717) is 12.8 Å². The monoisotopic (exact) mass is 269 g/mol. The molecule has 1 aliphatic rings. The molecule has 6 nitrogen and oxygen atoms in total. The predicted octanol–water partition coefficient (Wildman–Crippen LogP) is 1.26. The zero-order valence-electron chi connectivity index (χ0n) is 9.52. The molecule has 1 fully saturated rings. The molecule has 0 atom stereocenters. The highest BCUT2D eigenvalue weighted by Gasteiger charge is 2.40. The second-order valence-corrected chi connectivity index (χ2v) is 4.79. The summed E-state index contributed by atoms with van der Waals surface area (Å²) in [6.07, 6.45) is 2.19. The van der Waals surface area contributed by atoms with E-state index >= 15 is 0 Å². The molecule has 2 N–H and O–H groups in total. The van der Waals surface area contributed by atoms with Crippen LogP contribution in [0.5, 0.6) is 0 Å². The Labute approximate surface area is 108 Å². The molecule has 0 spiro atoms. The number of nitrogens with one attached hydrogen (secondary N) is 1. The number of carbonyl (C=O) groups excluding carboxylic acids is 1. The average molecular weight is 270 g/mol. The second kappa shape index (κ2) is 4.89. The first-order valence-electron chi connectivity index (χ1n) is 5.54. The summed E-state index contributed by atoms with van der Waals surface area (Å²) in [5.74, 6) is -1.34. The molecule has 1 heterocycles. The Morgan fingerprint density at radius 1 is 1.39 bits per heavy atom. The Balaban J connectivity index is 2.06. The van der Waals surface area contributed by atoms with Crippen molar-refractivity contribution in [1.29, 1.82) is 0 Å². The van der Waals surface area contributed by atoms with E-state index in [1.165, 1.54) is 12.1 Å². The topological polar surface area (TPSA) is 92.2 Å². The summed E-state index contributed by atoms with van der Waals surface area (Å²) < 4.78 is 0. The normalized spacial score (nSPS) is 16.7. The van der Waals surface area contributed by atoms with Crippen LogP contribution >= 0.6 is 11.6 Å². The molecule has 1 aromatic rings. The van der Waals surface area contributed by atoms with E-state index in [4.69, 9.17) is 16.7 Å². The van der Waals surface area contributed by atoms with Crippen molar-refractivity contribution < 1.29 is 14.7 Å². The summed E-state index contributed by atoms with van der Waals surface area (Å²) in [5, 5.41) is 19.0. The molecule has 18 heavy (non-hydrogen) atoms. The summed E-state index contributed by atoms with van der Waals surface area (Å²) in [6, 6.07) is 2.92. The summed E-state index contributed by atoms with van der Waals surface area (Å²) >= 11 is 5.57. The molecule has 96 valence electrons. The number of carbonyl (C=O) groups is 2.